The summed E-state index contributed by atoms with van der Waals surface area (Å²) in [5, 5.41) is 3.45. The number of rotatable bonds is 9. The van der Waals surface area contributed by atoms with Crippen molar-refractivity contribution in [3.8, 4) is 5.75 Å². The number of unbranched alkanes of at least 4 members (excludes halogenated alkanes) is 2. The Balaban J connectivity index is 1.38. The average Bonchev–Trinajstić information content (AvgIpc) is 2.80. The smallest absolute Gasteiger partial charge is 0.407 e. The number of amides is 1. The molecular weight excluding hydrogens is 469 g/mol. The molecule has 174 valence electrons. The maximum absolute atomic E-state index is 12.2. The minimum Gasteiger partial charge on any atom is -0.445 e. The molecular formula is C24H23Cl2NO6. The maximum Gasteiger partial charge on any atom is 0.407 e. The Kier molecular flexibility index (Phi) is 8.74. The molecule has 33 heavy (non-hydrogen) atoms. The number of aryl methyl sites for hydroxylation is 1. The Morgan fingerprint density at radius 3 is 2.58 bits per heavy atom. The third-order valence-corrected chi connectivity index (χ3v) is 5.65. The van der Waals surface area contributed by atoms with E-state index in [4.69, 9.17) is 37.1 Å². The van der Waals surface area contributed by atoms with E-state index in [1.165, 1.54) is 6.07 Å². The van der Waals surface area contributed by atoms with Crippen LogP contribution in [0.5, 0.6) is 5.75 Å². The summed E-state index contributed by atoms with van der Waals surface area (Å²) in [5.41, 5.74) is 1.03. The first-order valence-corrected chi connectivity index (χ1v) is 11.2. The Morgan fingerprint density at radius 2 is 1.82 bits per heavy atom. The molecule has 3 rings (SSSR count). The van der Waals surface area contributed by atoms with Crippen molar-refractivity contribution in [1.82, 2.24) is 5.32 Å². The minimum atomic E-state index is -0.668. The summed E-state index contributed by atoms with van der Waals surface area (Å²) >= 11 is 12.1. The van der Waals surface area contributed by atoms with Crippen molar-refractivity contribution >= 4 is 46.2 Å². The molecule has 0 saturated carbocycles. The number of halogens is 2. The van der Waals surface area contributed by atoms with Crippen molar-refractivity contribution < 1.29 is 23.5 Å². The Labute approximate surface area is 200 Å². The van der Waals surface area contributed by atoms with E-state index in [9.17, 15) is 14.4 Å². The van der Waals surface area contributed by atoms with E-state index in [2.05, 4.69) is 5.32 Å². The van der Waals surface area contributed by atoms with Crippen LogP contribution in [0.1, 0.15) is 36.8 Å². The highest BCUT2D eigenvalue weighted by molar-refractivity contribution is 6.34. The van der Waals surface area contributed by atoms with E-state index in [1.807, 2.05) is 30.3 Å². The fourth-order valence-corrected chi connectivity index (χ4v) is 3.46. The second-order valence-corrected chi connectivity index (χ2v) is 8.17. The van der Waals surface area contributed by atoms with Crippen molar-refractivity contribution in [1.29, 1.82) is 0 Å². The lowest BCUT2D eigenvalue weighted by molar-refractivity contribution is -0.134. The standard InChI is InChI=1S/C24H23Cl2NO6/c1-15-17-12-18(25)20(13-19(17)33-23(29)22(15)26)32-21(28)10-6-3-7-11-27-24(30)31-14-16-8-4-2-5-9-16/h2,4-5,8-9,12-13H,3,6-7,10-11,14H2,1H3,(H,27,30). The van der Waals surface area contributed by atoms with Crippen LogP contribution in [-0.4, -0.2) is 18.6 Å². The second kappa shape index (κ2) is 11.7. The number of esters is 1. The molecule has 0 spiro atoms. The van der Waals surface area contributed by atoms with Gasteiger partial charge in [-0.25, -0.2) is 9.59 Å². The fraction of sp³-hybridized carbons (Fsp3) is 0.292. The van der Waals surface area contributed by atoms with E-state index >= 15 is 0 Å². The number of fused-ring (bicyclic) bond motifs is 1. The van der Waals surface area contributed by atoms with Gasteiger partial charge in [-0.1, -0.05) is 60.0 Å². The van der Waals surface area contributed by atoms with E-state index < -0.39 is 17.7 Å². The predicted molar refractivity (Wildman–Crippen MR) is 126 cm³/mol. The first kappa shape index (κ1) is 24.6. The highest BCUT2D eigenvalue weighted by Crippen LogP contribution is 2.33. The molecule has 3 aromatic rings. The SMILES string of the molecule is Cc1c(Cl)c(=O)oc2cc(OC(=O)CCCCCNC(=O)OCc3ccccc3)c(Cl)cc12. The lowest BCUT2D eigenvalue weighted by Gasteiger charge is -2.09. The summed E-state index contributed by atoms with van der Waals surface area (Å²) in [7, 11) is 0. The highest BCUT2D eigenvalue weighted by Gasteiger charge is 2.15. The van der Waals surface area contributed by atoms with Crippen LogP contribution in [0.15, 0.2) is 51.7 Å². The maximum atomic E-state index is 12.2. The number of carbonyl (C=O) groups excluding carboxylic acids is 2. The van der Waals surface area contributed by atoms with Gasteiger partial charge in [0.05, 0.1) is 5.02 Å². The van der Waals surface area contributed by atoms with Crippen LogP contribution in [-0.2, 0) is 16.1 Å². The molecule has 1 amide bonds. The molecule has 7 nitrogen and oxygen atoms in total. The summed E-state index contributed by atoms with van der Waals surface area (Å²) in [6.07, 6.45) is 1.68. The first-order valence-electron chi connectivity index (χ1n) is 10.4. The van der Waals surface area contributed by atoms with Gasteiger partial charge in [0, 0.05) is 24.4 Å². The molecule has 0 aliphatic rings. The summed E-state index contributed by atoms with van der Waals surface area (Å²) in [6.45, 7) is 2.34. The number of benzene rings is 2. The van der Waals surface area contributed by atoms with Crippen molar-refractivity contribution in [3.05, 3.63) is 74.1 Å². The quantitative estimate of drug-likeness (QED) is 0.176. The normalized spacial score (nSPS) is 10.8. The molecule has 1 aromatic heterocycles. The van der Waals surface area contributed by atoms with Crippen LogP contribution in [0.2, 0.25) is 10.0 Å². The number of nitrogens with one attached hydrogen (secondary N) is 1. The molecule has 0 saturated heterocycles. The van der Waals surface area contributed by atoms with Gasteiger partial charge < -0.3 is 19.2 Å². The largest absolute Gasteiger partial charge is 0.445 e. The number of ether oxygens (including phenoxy) is 2. The van der Waals surface area contributed by atoms with Crippen LogP contribution in [0.4, 0.5) is 4.79 Å². The van der Waals surface area contributed by atoms with Gasteiger partial charge in [0.15, 0.2) is 5.75 Å². The molecule has 1 N–H and O–H groups in total. The molecule has 0 unspecified atom stereocenters. The van der Waals surface area contributed by atoms with Gasteiger partial charge in [0.1, 0.15) is 17.2 Å². The van der Waals surface area contributed by atoms with Gasteiger partial charge in [-0.15, -0.1) is 0 Å². The Morgan fingerprint density at radius 1 is 1.06 bits per heavy atom. The molecule has 0 fully saturated rings. The molecule has 1 heterocycles. The molecule has 0 aliphatic heterocycles. The van der Waals surface area contributed by atoms with Crippen LogP contribution in [0.3, 0.4) is 0 Å². The number of alkyl carbamates (subject to hydrolysis) is 1. The summed E-state index contributed by atoms with van der Waals surface area (Å²) in [5.74, 6) is -0.346. The molecule has 0 radical (unpaired) electrons. The molecule has 2 aromatic carbocycles. The monoisotopic (exact) mass is 491 g/mol. The van der Waals surface area contributed by atoms with E-state index in [1.54, 1.807) is 13.0 Å². The third-order valence-electron chi connectivity index (χ3n) is 4.91. The van der Waals surface area contributed by atoms with Crippen molar-refractivity contribution in [3.63, 3.8) is 0 Å². The van der Waals surface area contributed by atoms with E-state index in [0.717, 1.165) is 5.56 Å². The summed E-state index contributed by atoms with van der Waals surface area (Å²) in [6, 6.07) is 12.4. The van der Waals surface area contributed by atoms with Crippen LogP contribution >= 0.6 is 23.2 Å². The number of carbonyl (C=O) groups is 2. The van der Waals surface area contributed by atoms with Crippen LogP contribution in [0.25, 0.3) is 11.0 Å². The van der Waals surface area contributed by atoms with Crippen LogP contribution < -0.4 is 15.7 Å². The lowest BCUT2D eigenvalue weighted by Crippen LogP contribution is -2.25. The molecule has 0 atom stereocenters. The van der Waals surface area contributed by atoms with Gasteiger partial charge in [-0.05, 0) is 37.0 Å². The van der Waals surface area contributed by atoms with Gasteiger partial charge in [-0.2, -0.15) is 0 Å². The lowest BCUT2D eigenvalue weighted by atomic mass is 10.1. The van der Waals surface area contributed by atoms with E-state index in [0.29, 0.717) is 36.8 Å². The van der Waals surface area contributed by atoms with Gasteiger partial charge in [-0.3, -0.25) is 4.79 Å². The first-order chi connectivity index (χ1) is 15.8. The average molecular weight is 492 g/mol. The number of hydrogen-bond donors (Lipinski definition) is 1. The zero-order valence-electron chi connectivity index (χ0n) is 18.0. The third kappa shape index (κ3) is 6.97. The van der Waals surface area contributed by atoms with Crippen molar-refractivity contribution in [2.24, 2.45) is 0 Å². The van der Waals surface area contributed by atoms with Crippen molar-refractivity contribution in [2.75, 3.05) is 6.54 Å². The zero-order chi connectivity index (χ0) is 23.8. The summed E-state index contributed by atoms with van der Waals surface area (Å²) in [4.78, 5) is 35.6. The summed E-state index contributed by atoms with van der Waals surface area (Å²) < 4.78 is 15.6. The van der Waals surface area contributed by atoms with Crippen LogP contribution in [0, 0.1) is 6.92 Å². The minimum absolute atomic E-state index is 0.0118. The predicted octanol–water partition coefficient (Wildman–Crippen LogP) is 5.80. The second-order valence-electron chi connectivity index (χ2n) is 7.38. The van der Waals surface area contributed by atoms with Crippen molar-refractivity contribution in [2.45, 2.75) is 39.2 Å². The Bertz CT molecular complexity index is 1190. The molecule has 0 aliphatic carbocycles. The van der Waals surface area contributed by atoms with Gasteiger partial charge in [0.2, 0.25) is 0 Å². The topological polar surface area (TPSA) is 94.8 Å². The number of hydrogen-bond acceptors (Lipinski definition) is 6. The molecule has 9 heteroatoms. The fourth-order valence-electron chi connectivity index (χ4n) is 3.12. The molecule has 0 bridgehead atoms. The van der Waals surface area contributed by atoms with Gasteiger partial charge >= 0.3 is 17.7 Å². The highest BCUT2D eigenvalue weighted by atomic mass is 35.5. The van der Waals surface area contributed by atoms with E-state index in [-0.39, 0.29) is 34.4 Å². The Hall–Kier alpha value is -3.03. The van der Waals surface area contributed by atoms with Gasteiger partial charge in [0.25, 0.3) is 0 Å². The zero-order valence-corrected chi connectivity index (χ0v) is 19.5.